The summed E-state index contributed by atoms with van der Waals surface area (Å²) < 4.78 is 36.5. The fourth-order valence-corrected chi connectivity index (χ4v) is 1.76. The number of halogens is 3. The molecule has 0 bridgehead atoms. The zero-order valence-electron chi connectivity index (χ0n) is 10.9. The van der Waals surface area contributed by atoms with Crippen LogP contribution in [0.1, 0.15) is 25.0 Å². The summed E-state index contributed by atoms with van der Waals surface area (Å²) in [6.45, 7) is 0.634. The van der Waals surface area contributed by atoms with E-state index in [0.29, 0.717) is 12.6 Å². The van der Waals surface area contributed by atoms with Crippen molar-refractivity contribution in [2.75, 3.05) is 18.5 Å². The molecule has 1 aromatic heterocycles. The average Bonchev–Trinajstić information content (AvgIpc) is 3.17. The summed E-state index contributed by atoms with van der Waals surface area (Å²) in [7, 11) is 1.67. The molecule has 0 spiro atoms. The zero-order valence-corrected chi connectivity index (χ0v) is 10.9. The van der Waals surface area contributed by atoms with E-state index in [1.54, 1.807) is 24.2 Å². The highest BCUT2D eigenvalue weighted by molar-refractivity contribution is 5.45. The normalized spacial score (nSPS) is 15.6. The topological polar surface area (TPSA) is 28.2 Å². The van der Waals surface area contributed by atoms with Crippen molar-refractivity contribution in [3.8, 4) is 0 Å². The van der Waals surface area contributed by atoms with Crippen molar-refractivity contribution in [2.24, 2.45) is 0 Å². The first-order chi connectivity index (χ1) is 8.94. The Kier molecular flexibility index (Phi) is 4.29. The minimum Gasteiger partial charge on any atom is -0.374 e. The summed E-state index contributed by atoms with van der Waals surface area (Å²) in [6, 6.07) is 4.16. The molecule has 6 heteroatoms. The average molecular weight is 273 g/mol. The van der Waals surface area contributed by atoms with Gasteiger partial charge in [0.2, 0.25) is 0 Å². The van der Waals surface area contributed by atoms with Gasteiger partial charge in [0.25, 0.3) is 0 Å². The SMILES string of the molecule is CN(CCC(F)(F)F)c1ccnc(CNC2CC2)c1. The smallest absolute Gasteiger partial charge is 0.374 e. The number of rotatable bonds is 6. The number of alkyl halides is 3. The van der Waals surface area contributed by atoms with Gasteiger partial charge in [-0.1, -0.05) is 0 Å². The molecule has 1 fully saturated rings. The maximum absolute atomic E-state index is 12.2. The van der Waals surface area contributed by atoms with E-state index < -0.39 is 12.6 Å². The Morgan fingerprint density at radius 1 is 1.42 bits per heavy atom. The highest BCUT2D eigenvalue weighted by atomic mass is 19.4. The Balaban J connectivity index is 1.88. The third kappa shape index (κ3) is 5.06. The number of anilines is 1. The zero-order chi connectivity index (χ0) is 13.9. The first kappa shape index (κ1) is 14.1. The molecule has 106 valence electrons. The molecule has 0 amide bonds. The lowest BCUT2D eigenvalue weighted by molar-refractivity contribution is -0.132. The van der Waals surface area contributed by atoms with E-state index in [9.17, 15) is 13.2 Å². The van der Waals surface area contributed by atoms with Gasteiger partial charge in [-0.25, -0.2) is 0 Å². The van der Waals surface area contributed by atoms with Gasteiger partial charge in [0.05, 0.1) is 12.1 Å². The summed E-state index contributed by atoms with van der Waals surface area (Å²) in [5.74, 6) is 0. The molecule has 1 aliphatic rings. The van der Waals surface area contributed by atoms with E-state index in [4.69, 9.17) is 0 Å². The molecule has 1 aromatic rings. The lowest BCUT2D eigenvalue weighted by atomic mass is 10.2. The summed E-state index contributed by atoms with van der Waals surface area (Å²) in [6.07, 6.45) is -0.876. The first-order valence-electron chi connectivity index (χ1n) is 6.40. The van der Waals surface area contributed by atoms with Crippen molar-refractivity contribution < 1.29 is 13.2 Å². The Hall–Kier alpha value is -1.30. The van der Waals surface area contributed by atoms with Crippen molar-refractivity contribution in [1.29, 1.82) is 0 Å². The van der Waals surface area contributed by atoms with Crippen LogP contribution in [0.25, 0.3) is 0 Å². The van der Waals surface area contributed by atoms with Gasteiger partial charge in [0.15, 0.2) is 0 Å². The van der Waals surface area contributed by atoms with Crippen molar-refractivity contribution in [2.45, 2.75) is 38.0 Å². The van der Waals surface area contributed by atoms with Crippen LogP contribution >= 0.6 is 0 Å². The summed E-state index contributed by atoms with van der Waals surface area (Å²) in [4.78, 5) is 5.83. The van der Waals surface area contributed by atoms with Gasteiger partial charge >= 0.3 is 6.18 Å². The highest BCUT2D eigenvalue weighted by Gasteiger charge is 2.27. The van der Waals surface area contributed by atoms with Crippen molar-refractivity contribution >= 4 is 5.69 Å². The van der Waals surface area contributed by atoms with E-state index in [0.717, 1.165) is 11.4 Å². The van der Waals surface area contributed by atoms with Crippen molar-refractivity contribution in [3.05, 3.63) is 24.0 Å². The molecule has 3 nitrogen and oxygen atoms in total. The van der Waals surface area contributed by atoms with Gasteiger partial charge < -0.3 is 10.2 Å². The summed E-state index contributed by atoms with van der Waals surface area (Å²) >= 11 is 0. The Labute approximate surface area is 110 Å². The van der Waals surface area contributed by atoms with Gasteiger partial charge in [0.1, 0.15) is 0 Å². The summed E-state index contributed by atoms with van der Waals surface area (Å²) in [5.41, 5.74) is 1.63. The molecule has 0 aliphatic heterocycles. The number of nitrogens with zero attached hydrogens (tertiary/aromatic N) is 2. The number of pyridine rings is 1. The van der Waals surface area contributed by atoms with Crippen LogP contribution < -0.4 is 10.2 Å². The molecule has 0 aromatic carbocycles. The fourth-order valence-electron chi connectivity index (χ4n) is 1.76. The molecule has 0 atom stereocenters. The van der Waals surface area contributed by atoms with E-state index >= 15 is 0 Å². The van der Waals surface area contributed by atoms with Crippen LogP contribution in [0, 0.1) is 0 Å². The van der Waals surface area contributed by atoms with Crippen LogP contribution in [0.15, 0.2) is 18.3 Å². The van der Waals surface area contributed by atoms with Crippen LogP contribution in [0.2, 0.25) is 0 Å². The largest absolute Gasteiger partial charge is 0.390 e. The molecule has 19 heavy (non-hydrogen) atoms. The first-order valence-corrected chi connectivity index (χ1v) is 6.40. The predicted molar refractivity (Wildman–Crippen MR) is 68.0 cm³/mol. The molecular formula is C13H18F3N3. The van der Waals surface area contributed by atoms with E-state index in [-0.39, 0.29) is 6.54 Å². The van der Waals surface area contributed by atoms with Crippen LogP contribution in [0.5, 0.6) is 0 Å². The minimum absolute atomic E-state index is 0.0387. The number of aromatic nitrogens is 1. The van der Waals surface area contributed by atoms with E-state index in [1.165, 1.54) is 12.8 Å². The predicted octanol–water partition coefficient (Wildman–Crippen LogP) is 2.72. The molecule has 0 saturated heterocycles. The summed E-state index contributed by atoms with van der Waals surface area (Å²) in [5, 5.41) is 3.33. The third-order valence-electron chi connectivity index (χ3n) is 3.12. The van der Waals surface area contributed by atoms with Gasteiger partial charge in [-0.05, 0) is 25.0 Å². The van der Waals surface area contributed by atoms with Gasteiger partial charge in [-0.3, -0.25) is 4.98 Å². The molecule has 2 rings (SSSR count). The molecule has 1 saturated carbocycles. The Bertz CT molecular complexity index is 416. The highest BCUT2D eigenvalue weighted by Crippen LogP contribution is 2.22. The molecule has 1 aliphatic carbocycles. The molecule has 0 radical (unpaired) electrons. The second-order valence-corrected chi connectivity index (χ2v) is 4.95. The third-order valence-corrected chi connectivity index (χ3v) is 3.12. The lowest BCUT2D eigenvalue weighted by Gasteiger charge is -2.20. The van der Waals surface area contributed by atoms with Crippen LogP contribution in [-0.2, 0) is 6.54 Å². The second-order valence-electron chi connectivity index (χ2n) is 4.95. The number of nitrogens with one attached hydrogen (secondary N) is 1. The van der Waals surface area contributed by atoms with Crippen LogP contribution in [0.3, 0.4) is 0 Å². The molecule has 0 unspecified atom stereocenters. The number of hydrogen-bond donors (Lipinski definition) is 1. The second kappa shape index (κ2) is 5.77. The van der Waals surface area contributed by atoms with Gasteiger partial charge in [-0.15, -0.1) is 0 Å². The fraction of sp³-hybridized carbons (Fsp3) is 0.615. The van der Waals surface area contributed by atoms with Crippen LogP contribution in [-0.4, -0.2) is 30.8 Å². The maximum Gasteiger partial charge on any atom is 0.390 e. The van der Waals surface area contributed by atoms with E-state index in [1.807, 2.05) is 6.07 Å². The van der Waals surface area contributed by atoms with E-state index in [2.05, 4.69) is 10.3 Å². The molecular weight excluding hydrogens is 255 g/mol. The Morgan fingerprint density at radius 2 is 2.16 bits per heavy atom. The molecule has 1 heterocycles. The quantitative estimate of drug-likeness (QED) is 0.863. The standard InChI is InChI=1S/C13H18F3N3/c1-19(7-5-13(14,15)16)12-4-6-17-11(8-12)9-18-10-2-3-10/h4,6,8,10,18H,2-3,5,7,9H2,1H3. The maximum atomic E-state index is 12.2. The van der Waals surface area contributed by atoms with Crippen molar-refractivity contribution in [3.63, 3.8) is 0 Å². The Morgan fingerprint density at radius 3 is 2.79 bits per heavy atom. The minimum atomic E-state index is -4.11. The lowest BCUT2D eigenvalue weighted by Crippen LogP contribution is -2.24. The monoisotopic (exact) mass is 273 g/mol. The van der Waals surface area contributed by atoms with Crippen LogP contribution in [0.4, 0.5) is 18.9 Å². The number of hydrogen-bond acceptors (Lipinski definition) is 3. The van der Waals surface area contributed by atoms with Crippen molar-refractivity contribution in [1.82, 2.24) is 10.3 Å². The van der Waals surface area contributed by atoms with Gasteiger partial charge in [-0.2, -0.15) is 13.2 Å². The van der Waals surface area contributed by atoms with Gasteiger partial charge in [0, 0.05) is 38.1 Å². The molecule has 1 N–H and O–H groups in total.